The number of ether oxygens (including phenoxy) is 1. The van der Waals surface area contributed by atoms with E-state index >= 15 is 0 Å². The topological polar surface area (TPSA) is 33.1 Å². The number of nitrogens with one attached hydrogen (secondary N) is 1. The first kappa shape index (κ1) is 17.3. The van der Waals surface area contributed by atoms with Crippen molar-refractivity contribution in [2.24, 2.45) is 16.2 Å². The van der Waals surface area contributed by atoms with Crippen molar-refractivity contribution < 1.29 is 4.74 Å². The van der Waals surface area contributed by atoms with Gasteiger partial charge in [0.25, 0.3) is 0 Å². The highest BCUT2D eigenvalue weighted by molar-refractivity contribution is 5.56. The molecule has 1 saturated carbocycles. The van der Waals surface area contributed by atoms with Gasteiger partial charge in [-0.05, 0) is 54.4 Å². The zero-order chi connectivity index (χ0) is 15.4. The van der Waals surface area contributed by atoms with Crippen molar-refractivity contribution in [3.05, 3.63) is 11.8 Å². The Balaban J connectivity index is 3.01. The lowest BCUT2D eigenvalue weighted by Gasteiger charge is -2.55. The Morgan fingerprint density at radius 1 is 1.20 bits per heavy atom. The first-order chi connectivity index (χ1) is 9.22. The number of rotatable bonds is 6. The van der Waals surface area contributed by atoms with Gasteiger partial charge in [0.1, 0.15) is 0 Å². The largest absolute Gasteiger partial charge is 0.501 e. The molecule has 1 fully saturated rings. The third-order valence-corrected chi connectivity index (χ3v) is 5.64. The molecule has 0 bridgehead atoms. The summed E-state index contributed by atoms with van der Waals surface area (Å²) in [5, 5.41) is 7.25. The molecule has 1 rings (SSSR count). The van der Waals surface area contributed by atoms with E-state index in [9.17, 15) is 0 Å². The molecule has 0 saturated heterocycles. The van der Waals surface area contributed by atoms with Crippen molar-refractivity contribution in [2.45, 2.75) is 73.1 Å². The molecule has 116 valence electrons. The van der Waals surface area contributed by atoms with Crippen molar-refractivity contribution >= 4 is 6.21 Å². The van der Waals surface area contributed by atoms with Crippen LogP contribution in [-0.4, -0.2) is 13.3 Å². The first-order valence-corrected chi connectivity index (χ1v) is 7.94. The van der Waals surface area contributed by atoms with Crippen molar-refractivity contribution in [1.29, 1.82) is 5.41 Å². The number of methoxy groups -OCH3 is 1. The van der Waals surface area contributed by atoms with Crippen LogP contribution in [0.3, 0.4) is 0 Å². The first-order valence-electron chi connectivity index (χ1n) is 7.94. The summed E-state index contributed by atoms with van der Waals surface area (Å²) < 4.78 is 5.40. The van der Waals surface area contributed by atoms with Gasteiger partial charge in [-0.15, -0.1) is 0 Å². The molecule has 0 amide bonds. The summed E-state index contributed by atoms with van der Waals surface area (Å²) >= 11 is 0. The predicted molar refractivity (Wildman–Crippen MR) is 87.2 cm³/mol. The summed E-state index contributed by atoms with van der Waals surface area (Å²) in [5.74, 6) is 0.937. The van der Waals surface area contributed by atoms with Gasteiger partial charge >= 0.3 is 0 Å². The molecule has 0 unspecified atom stereocenters. The summed E-state index contributed by atoms with van der Waals surface area (Å²) in [5.41, 5.74) is 1.16. The second kappa shape index (κ2) is 6.32. The molecular weight excluding hydrogens is 246 g/mol. The lowest BCUT2D eigenvalue weighted by Crippen LogP contribution is -2.45. The fourth-order valence-electron chi connectivity index (χ4n) is 3.92. The van der Waals surface area contributed by atoms with Crippen molar-refractivity contribution in [2.75, 3.05) is 7.11 Å². The normalized spacial score (nSPS) is 29.0. The monoisotopic (exact) mass is 279 g/mol. The molecule has 2 heteroatoms. The predicted octanol–water partition coefficient (Wildman–Crippen LogP) is 5.58. The third-order valence-electron chi connectivity index (χ3n) is 5.64. The molecule has 0 aliphatic heterocycles. The molecule has 2 nitrogen and oxygen atoms in total. The van der Waals surface area contributed by atoms with Gasteiger partial charge in [-0.1, -0.05) is 34.6 Å². The van der Waals surface area contributed by atoms with Crippen LogP contribution < -0.4 is 0 Å². The molecule has 1 aliphatic carbocycles. The van der Waals surface area contributed by atoms with E-state index in [4.69, 9.17) is 10.1 Å². The summed E-state index contributed by atoms with van der Waals surface area (Å²) in [6, 6.07) is 0. The molecule has 0 spiro atoms. The van der Waals surface area contributed by atoms with Gasteiger partial charge in [-0.25, -0.2) is 0 Å². The van der Waals surface area contributed by atoms with Gasteiger partial charge in [0.2, 0.25) is 0 Å². The highest BCUT2D eigenvalue weighted by Gasteiger charge is 2.49. The third kappa shape index (κ3) is 3.65. The van der Waals surface area contributed by atoms with Crippen molar-refractivity contribution in [1.82, 2.24) is 0 Å². The Kier molecular flexibility index (Phi) is 5.46. The quantitative estimate of drug-likeness (QED) is 0.499. The molecule has 0 aromatic heterocycles. The molecule has 20 heavy (non-hydrogen) atoms. The van der Waals surface area contributed by atoms with Gasteiger partial charge in [0, 0.05) is 12.6 Å². The molecule has 1 atom stereocenters. The summed E-state index contributed by atoms with van der Waals surface area (Å²) in [7, 11) is 1.71. The molecule has 0 aromatic rings. The Labute approximate surface area is 125 Å². The van der Waals surface area contributed by atoms with Crippen LogP contribution in [0.15, 0.2) is 11.8 Å². The fraction of sp³-hybridized carbons (Fsp3) is 0.833. The van der Waals surface area contributed by atoms with Gasteiger partial charge < -0.3 is 10.1 Å². The second-order valence-corrected chi connectivity index (χ2v) is 7.85. The molecule has 0 heterocycles. The zero-order valence-corrected chi connectivity index (χ0v) is 14.3. The smallest absolute Gasteiger partial charge is 0.0968 e. The number of hydrogen-bond donors (Lipinski definition) is 1. The van der Waals surface area contributed by atoms with Crippen LogP contribution in [-0.2, 0) is 4.74 Å². The highest BCUT2D eigenvalue weighted by Crippen LogP contribution is 2.59. The maximum absolute atomic E-state index is 7.25. The van der Waals surface area contributed by atoms with Crippen molar-refractivity contribution in [3.8, 4) is 0 Å². The van der Waals surface area contributed by atoms with E-state index in [0.29, 0.717) is 22.7 Å². The average Bonchev–Trinajstić information content (AvgIpc) is 2.38. The van der Waals surface area contributed by atoms with Crippen LogP contribution in [0.2, 0.25) is 0 Å². The van der Waals surface area contributed by atoms with E-state index in [1.807, 2.05) is 0 Å². The maximum atomic E-state index is 7.25. The van der Waals surface area contributed by atoms with Crippen LogP contribution in [0.25, 0.3) is 0 Å². The van der Waals surface area contributed by atoms with Crippen molar-refractivity contribution in [3.63, 3.8) is 0 Å². The Hall–Kier alpha value is -0.790. The van der Waals surface area contributed by atoms with Crippen LogP contribution >= 0.6 is 0 Å². The average molecular weight is 279 g/mol. The van der Waals surface area contributed by atoms with E-state index < -0.39 is 0 Å². The molecule has 1 aliphatic rings. The summed E-state index contributed by atoms with van der Waals surface area (Å²) in [4.78, 5) is 0. The Morgan fingerprint density at radius 2 is 1.85 bits per heavy atom. The van der Waals surface area contributed by atoms with E-state index in [0.717, 1.165) is 12.2 Å². The standard InChI is InChI=1S/C18H33NO/c1-7-18(10-8-15(20-6)9-13-19)14-16(2,3)11-12-17(18,4)5/h8,13,19H,7,9-12,14H2,1-6H3/b15-8+,19-13?/t18-/m0/s1. The summed E-state index contributed by atoms with van der Waals surface area (Å²) in [6.07, 6.45) is 10.4. The SMILES string of the molecule is CC[C@]1(C/C=C(\CC=N)OC)CC(C)(C)CCC1(C)C. The zero-order valence-electron chi connectivity index (χ0n) is 14.3. The Morgan fingerprint density at radius 3 is 2.35 bits per heavy atom. The number of hydrogen-bond acceptors (Lipinski definition) is 2. The summed E-state index contributed by atoms with van der Waals surface area (Å²) in [6.45, 7) is 12.0. The van der Waals surface area contributed by atoms with E-state index in [1.54, 1.807) is 7.11 Å². The maximum Gasteiger partial charge on any atom is 0.0968 e. The van der Waals surface area contributed by atoms with Crippen LogP contribution in [0.1, 0.15) is 73.1 Å². The van der Waals surface area contributed by atoms with Crippen LogP contribution in [0.4, 0.5) is 0 Å². The molecular formula is C18H33NO. The van der Waals surface area contributed by atoms with Crippen LogP contribution in [0.5, 0.6) is 0 Å². The van der Waals surface area contributed by atoms with Gasteiger partial charge in [-0.2, -0.15) is 0 Å². The van der Waals surface area contributed by atoms with Gasteiger partial charge in [0.05, 0.1) is 12.9 Å². The van der Waals surface area contributed by atoms with E-state index in [-0.39, 0.29) is 0 Å². The van der Waals surface area contributed by atoms with E-state index in [2.05, 4.69) is 40.7 Å². The highest BCUT2D eigenvalue weighted by atomic mass is 16.5. The van der Waals surface area contributed by atoms with Gasteiger partial charge in [-0.3, -0.25) is 0 Å². The number of allylic oxidation sites excluding steroid dienone is 2. The lowest BCUT2D eigenvalue weighted by atomic mass is 9.50. The molecule has 1 N–H and O–H groups in total. The molecule has 0 radical (unpaired) electrons. The van der Waals surface area contributed by atoms with Gasteiger partial charge in [0.15, 0.2) is 0 Å². The fourth-order valence-corrected chi connectivity index (χ4v) is 3.92. The molecule has 0 aromatic carbocycles. The van der Waals surface area contributed by atoms with E-state index in [1.165, 1.54) is 31.9 Å². The second-order valence-electron chi connectivity index (χ2n) is 7.85. The lowest BCUT2D eigenvalue weighted by molar-refractivity contribution is -0.0431. The minimum absolute atomic E-state index is 0.348. The minimum Gasteiger partial charge on any atom is -0.501 e. The minimum atomic E-state index is 0.348. The Bertz CT molecular complexity index is 368. The van der Waals surface area contributed by atoms with Crippen LogP contribution in [0, 0.1) is 21.7 Å².